The van der Waals surface area contributed by atoms with Gasteiger partial charge in [0.05, 0.1) is 13.4 Å². The second-order valence-electron chi connectivity index (χ2n) is 7.22. The molecule has 0 aromatic heterocycles. The molecule has 29 heavy (non-hydrogen) atoms. The van der Waals surface area contributed by atoms with E-state index in [0.29, 0.717) is 11.3 Å². The second-order valence-corrected chi connectivity index (χ2v) is 9.20. The van der Waals surface area contributed by atoms with Crippen molar-refractivity contribution >= 4 is 27.9 Å². The molecule has 3 rings (SSSR count). The SMILES string of the molecule is COc1ccc([C@@]2(C)NC(=O)N(CC(=O)N3CCN(S(C)(=O)=O)CC3)C2=O)cc1. The van der Waals surface area contributed by atoms with Gasteiger partial charge in [-0.3, -0.25) is 14.5 Å². The highest BCUT2D eigenvalue weighted by molar-refractivity contribution is 7.88. The zero-order chi connectivity index (χ0) is 21.4. The molecule has 2 fully saturated rings. The molecule has 0 unspecified atom stereocenters. The number of nitrogens with one attached hydrogen (secondary N) is 1. The lowest BCUT2D eigenvalue weighted by atomic mass is 9.92. The van der Waals surface area contributed by atoms with Gasteiger partial charge >= 0.3 is 6.03 Å². The van der Waals surface area contributed by atoms with Crippen molar-refractivity contribution in [2.24, 2.45) is 0 Å². The molecule has 2 heterocycles. The summed E-state index contributed by atoms with van der Waals surface area (Å²) in [6.45, 7) is 2.00. The van der Waals surface area contributed by atoms with Crippen LogP contribution in [0.3, 0.4) is 0 Å². The van der Waals surface area contributed by atoms with E-state index < -0.39 is 40.0 Å². The number of amides is 4. The van der Waals surface area contributed by atoms with Crippen molar-refractivity contribution in [2.75, 3.05) is 46.1 Å². The first-order valence-electron chi connectivity index (χ1n) is 9.08. The summed E-state index contributed by atoms with van der Waals surface area (Å²) >= 11 is 0. The van der Waals surface area contributed by atoms with Gasteiger partial charge in [0.25, 0.3) is 5.91 Å². The Hall–Kier alpha value is -2.66. The predicted molar refractivity (Wildman–Crippen MR) is 104 cm³/mol. The molecule has 0 bridgehead atoms. The Balaban J connectivity index is 1.68. The summed E-state index contributed by atoms with van der Waals surface area (Å²) in [6.07, 6.45) is 1.12. The standard InChI is InChI=1S/C18H24N4O6S/c1-18(13-4-6-14(28-2)7-5-13)16(24)22(17(25)19-18)12-15(23)20-8-10-21(11-9-20)29(3,26)27/h4-7H,8-12H2,1-3H3,(H,19,25)/t18-/m1/s1. The van der Waals surface area contributed by atoms with Gasteiger partial charge in [-0.2, -0.15) is 4.31 Å². The van der Waals surface area contributed by atoms with Gasteiger partial charge in [0.2, 0.25) is 15.9 Å². The quantitative estimate of drug-likeness (QED) is 0.641. The molecule has 158 valence electrons. The normalized spacial score (nSPS) is 23.3. The third-order valence-corrected chi connectivity index (χ3v) is 6.60. The summed E-state index contributed by atoms with van der Waals surface area (Å²) in [5, 5.41) is 2.66. The molecule has 0 spiro atoms. The first kappa shape index (κ1) is 21.1. The van der Waals surface area contributed by atoms with Crippen LogP contribution in [-0.4, -0.2) is 86.5 Å². The number of methoxy groups -OCH3 is 1. The molecule has 11 heteroatoms. The van der Waals surface area contributed by atoms with E-state index in [1.807, 2.05) is 0 Å². The van der Waals surface area contributed by atoms with Crippen molar-refractivity contribution < 1.29 is 27.5 Å². The van der Waals surface area contributed by atoms with Gasteiger partial charge in [-0.15, -0.1) is 0 Å². The smallest absolute Gasteiger partial charge is 0.325 e. The Morgan fingerprint density at radius 1 is 1.14 bits per heavy atom. The zero-order valence-electron chi connectivity index (χ0n) is 16.5. The zero-order valence-corrected chi connectivity index (χ0v) is 17.4. The lowest BCUT2D eigenvalue weighted by molar-refractivity contribution is -0.139. The fraction of sp³-hybridized carbons (Fsp3) is 0.500. The van der Waals surface area contributed by atoms with Crippen molar-refractivity contribution in [3.05, 3.63) is 29.8 Å². The summed E-state index contributed by atoms with van der Waals surface area (Å²) in [4.78, 5) is 40.3. The van der Waals surface area contributed by atoms with Crippen LogP contribution in [0.2, 0.25) is 0 Å². The van der Waals surface area contributed by atoms with Crippen molar-refractivity contribution in [2.45, 2.75) is 12.5 Å². The predicted octanol–water partition coefficient (Wildman–Crippen LogP) is -0.434. The fourth-order valence-corrected chi connectivity index (χ4v) is 4.29. The van der Waals surface area contributed by atoms with Gasteiger partial charge in [0.15, 0.2) is 0 Å². The number of carbonyl (C=O) groups excluding carboxylic acids is 3. The first-order chi connectivity index (χ1) is 13.6. The molecule has 1 N–H and O–H groups in total. The van der Waals surface area contributed by atoms with E-state index in [4.69, 9.17) is 4.74 Å². The van der Waals surface area contributed by atoms with Crippen LogP contribution in [0.15, 0.2) is 24.3 Å². The lowest BCUT2D eigenvalue weighted by Gasteiger charge is -2.33. The van der Waals surface area contributed by atoms with E-state index in [-0.39, 0.29) is 26.2 Å². The van der Waals surface area contributed by atoms with Crippen molar-refractivity contribution in [1.29, 1.82) is 0 Å². The minimum atomic E-state index is -3.31. The Morgan fingerprint density at radius 2 is 1.72 bits per heavy atom. The van der Waals surface area contributed by atoms with E-state index >= 15 is 0 Å². The van der Waals surface area contributed by atoms with Crippen LogP contribution in [0.5, 0.6) is 5.75 Å². The maximum Gasteiger partial charge on any atom is 0.325 e. The maximum absolute atomic E-state index is 12.9. The van der Waals surface area contributed by atoms with Crippen LogP contribution in [0.4, 0.5) is 4.79 Å². The molecule has 2 aliphatic heterocycles. The Morgan fingerprint density at radius 3 is 2.24 bits per heavy atom. The van der Waals surface area contributed by atoms with Crippen molar-refractivity contribution in [1.82, 2.24) is 19.4 Å². The first-order valence-corrected chi connectivity index (χ1v) is 10.9. The van der Waals surface area contributed by atoms with E-state index in [1.54, 1.807) is 31.2 Å². The maximum atomic E-state index is 12.9. The lowest BCUT2D eigenvalue weighted by Crippen LogP contribution is -2.53. The molecule has 4 amide bonds. The molecule has 0 aliphatic carbocycles. The second kappa shape index (κ2) is 7.64. The van der Waals surface area contributed by atoms with Gasteiger partial charge in [0, 0.05) is 26.2 Å². The number of carbonyl (C=O) groups is 3. The molecule has 0 radical (unpaired) electrons. The fourth-order valence-electron chi connectivity index (χ4n) is 3.46. The minimum absolute atomic E-state index is 0.189. The minimum Gasteiger partial charge on any atom is -0.497 e. The highest BCUT2D eigenvalue weighted by Crippen LogP contribution is 2.30. The largest absolute Gasteiger partial charge is 0.497 e. The third kappa shape index (κ3) is 4.06. The van der Waals surface area contributed by atoms with Crippen LogP contribution >= 0.6 is 0 Å². The highest BCUT2D eigenvalue weighted by Gasteiger charge is 2.49. The van der Waals surface area contributed by atoms with Gasteiger partial charge in [0.1, 0.15) is 17.8 Å². The Bertz CT molecular complexity index is 924. The number of imide groups is 1. The van der Waals surface area contributed by atoms with Crippen LogP contribution in [0.25, 0.3) is 0 Å². The number of piperazine rings is 1. The van der Waals surface area contributed by atoms with Crippen LogP contribution < -0.4 is 10.1 Å². The molecule has 0 saturated carbocycles. The Kier molecular flexibility index (Phi) is 5.54. The number of ether oxygens (including phenoxy) is 1. The van der Waals surface area contributed by atoms with E-state index in [2.05, 4.69) is 5.32 Å². The van der Waals surface area contributed by atoms with E-state index in [9.17, 15) is 22.8 Å². The number of urea groups is 1. The van der Waals surface area contributed by atoms with E-state index in [1.165, 1.54) is 16.3 Å². The van der Waals surface area contributed by atoms with Crippen LogP contribution in [0.1, 0.15) is 12.5 Å². The summed E-state index contributed by atoms with van der Waals surface area (Å²) < 4.78 is 29.6. The molecule has 2 saturated heterocycles. The molecular weight excluding hydrogens is 400 g/mol. The van der Waals surface area contributed by atoms with Crippen molar-refractivity contribution in [3.63, 3.8) is 0 Å². The molecule has 10 nitrogen and oxygen atoms in total. The van der Waals surface area contributed by atoms with Gasteiger partial charge < -0.3 is 15.0 Å². The summed E-state index contributed by atoms with van der Waals surface area (Å²) in [6, 6.07) is 6.11. The van der Waals surface area contributed by atoms with Crippen molar-refractivity contribution in [3.8, 4) is 5.75 Å². The summed E-state index contributed by atoms with van der Waals surface area (Å²) in [7, 11) is -1.78. The molecule has 1 aromatic carbocycles. The number of rotatable bonds is 5. The third-order valence-electron chi connectivity index (χ3n) is 5.30. The topological polar surface area (TPSA) is 116 Å². The monoisotopic (exact) mass is 424 g/mol. The van der Waals surface area contributed by atoms with E-state index in [0.717, 1.165) is 11.2 Å². The molecular formula is C18H24N4O6S. The molecule has 1 atom stereocenters. The van der Waals surface area contributed by atoms with Crippen LogP contribution in [0, 0.1) is 0 Å². The highest BCUT2D eigenvalue weighted by atomic mass is 32.2. The number of sulfonamides is 1. The summed E-state index contributed by atoms with van der Waals surface area (Å²) in [5.74, 6) is -0.300. The van der Waals surface area contributed by atoms with Gasteiger partial charge in [-0.25, -0.2) is 13.2 Å². The number of nitrogens with zero attached hydrogens (tertiary/aromatic N) is 3. The van der Waals surface area contributed by atoms with Gasteiger partial charge in [-0.05, 0) is 24.6 Å². The van der Waals surface area contributed by atoms with Crippen LogP contribution in [-0.2, 0) is 25.2 Å². The summed E-state index contributed by atoms with van der Waals surface area (Å²) in [5.41, 5.74) is -0.702. The average molecular weight is 424 g/mol. The van der Waals surface area contributed by atoms with Gasteiger partial charge in [-0.1, -0.05) is 12.1 Å². The molecule has 2 aliphatic rings. The molecule has 1 aromatic rings. The number of hydrogen-bond acceptors (Lipinski definition) is 6. The Labute approximate surface area is 169 Å². The average Bonchev–Trinajstić information content (AvgIpc) is 2.91. The number of hydrogen-bond donors (Lipinski definition) is 1. The number of benzene rings is 1.